The minimum Gasteiger partial charge on any atom is -0.324 e. The molecule has 0 aliphatic rings. The highest BCUT2D eigenvalue weighted by molar-refractivity contribution is 9.10. The third kappa shape index (κ3) is 3.64. The fourth-order valence-corrected chi connectivity index (χ4v) is 4.44. The molecule has 4 rings (SSSR count). The molecule has 0 saturated heterocycles. The van der Waals surface area contributed by atoms with Gasteiger partial charge in [0.2, 0.25) is 5.91 Å². The van der Waals surface area contributed by atoms with Crippen molar-refractivity contribution in [2.24, 2.45) is 0 Å². The van der Waals surface area contributed by atoms with Gasteiger partial charge in [0.25, 0.3) is 5.56 Å². The van der Waals surface area contributed by atoms with Crippen LogP contribution in [0, 0.1) is 13.8 Å². The first-order valence-corrected chi connectivity index (χ1v) is 10.9. The molecule has 30 heavy (non-hydrogen) atoms. The Hall–Kier alpha value is -2.97. The summed E-state index contributed by atoms with van der Waals surface area (Å²) in [7, 11) is 0. The molecule has 2 aromatic carbocycles. The van der Waals surface area contributed by atoms with E-state index in [1.165, 1.54) is 15.9 Å². The number of benzene rings is 2. The Morgan fingerprint density at radius 2 is 1.83 bits per heavy atom. The van der Waals surface area contributed by atoms with Crippen molar-refractivity contribution in [3.8, 4) is 5.69 Å². The Kier molecular flexibility index (Phi) is 5.44. The van der Waals surface area contributed by atoms with E-state index >= 15 is 0 Å². The van der Waals surface area contributed by atoms with Gasteiger partial charge in [0, 0.05) is 4.47 Å². The van der Waals surface area contributed by atoms with Crippen LogP contribution in [0.15, 0.2) is 68.0 Å². The minimum absolute atomic E-state index is 0.210. The van der Waals surface area contributed by atoms with Gasteiger partial charge in [0.15, 0.2) is 0 Å². The summed E-state index contributed by atoms with van der Waals surface area (Å²) in [5.41, 5.74) is 2.67. The molecule has 0 aliphatic carbocycles. The molecule has 0 atom stereocenters. The van der Waals surface area contributed by atoms with E-state index in [1.807, 2.05) is 44.2 Å². The highest BCUT2D eigenvalue weighted by Gasteiger charge is 2.18. The number of hydrogen-bond donors (Lipinski definition) is 1. The number of amides is 1. The van der Waals surface area contributed by atoms with Crippen molar-refractivity contribution >= 4 is 49.1 Å². The number of para-hydroxylation sites is 1. The molecule has 0 unspecified atom stereocenters. The topological polar surface area (TPSA) is 73.1 Å². The van der Waals surface area contributed by atoms with E-state index in [0.29, 0.717) is 21.6 Å². The largest absolute Gasteiger partial charge is 0.336 e. The lowest BCUT2D eigenvalue weighted by atomic mass is 10.1. The van der Waals surface area contributed by atoms with Gasteiger partial charge in [0.1, 0.15) is 11.2 Å². The molecule has 6 nitrogen and oxygen atoms in total. The van der Waals surface area contributed by atoms with E-state index in [-0.39, 0.29) is 18.0 Å². The van der Waals surface area contributed by atoms with Gasteiger partial charge in [-0.2, -0.15) is 0 Å². The monoisotopic (exact) mass is 483 g/mol. The summed E-state index contributed by atoms with van der Waals surface area (Å²) in [6, 6.07) is 14.4. The third-order valence-corrected chi connectivity index (χ3v) is 6.54. The zero-order valence-electron chi connectivity index (χ0n) is 16.3. The van der Waals surface area contributed by atoms with Crippen LogP contribution >= 0.6 is 27.3 Å². The summed E-state index contributed by atoms with van der Waals surface area (Å²) in [4.78, 5) is 39.0. The maximum atomic E-state index is 13.3. The number of rotatable bonds is 4. The van der Waals surface area contributed by atoms with Crippen molar-refractivity contribution in [3.05, 3.63) is 90.3 Å². The maximum absolute atomic E-state index is 13.3. The van der Waals surface area contributed by atoms with Gasteiger partial charge in [-0.15, -0.1) is 11.3 Å². The van der Waals surface area contributed by atoms with E-state index < -0.39 is 5.69 Å². The van der Waals surface area contributed by atoms with Gasteiger partial charge >= 0.3 is 5.69 Å². The SMILES string of the molecule is Cc1ccc(-n2c(=O)c3sccc3n(CC(=O)Nc3ccccc3Br)c2=O)cc1C. The minimum atomic E-state index is -0.545. The van der Waals surface area contributed by atoms with Crippen molar-refractivity contribution < 1.29 is 4.79 Å². The Morgan fingerprint density at radius 3 is 2.57 bits per heavy atom. The maximum Gasteiger partial charge on any atom is 0.336 e. The molecule has 2 heterocycles. The number of anilines is 1. The molecule has 1 amide bonds. The zero-order valence-corrected chi connectivity index (χ0v) is 18.7. The van der Waals surface area contributed by atoms with Gasteiger partial charge in [-0.3, -0.25) is 14.2 Å². The molecule has 0 saturated carbocycles. The van der Waals surface area contributed by atoms with E-state index in [1.54, 1.807) is 23.6 Å². The van der Waals surface area contributed by atoms with Crippen molar-refractivity contribution in [2.45, 2.75) is 20.4 Å². The second-order valence-electron chi connectivity index (χ2n) is 6.94. The standard InChI is InChI=1S/C22H18BrN3O3S/c1-13-7-8-15(11-14(13)2)26-21(28)20-18(9-10-30-20)25(22(26)29)12-19(27)24-17-6-4-3-5-16(17)23/h3-11H,12H2,1-2H3,(H,24,27). The molecule has 0 spiro atoms. The van der Waals surface area contributed by atoms with Crippen LogP contribution in [0.3, 0.4) is 0 Å². The number of fused-ring (bicyclic) bond motifs is 1. The number of aromatic nitrogens is 2. The predicted octanol–water partition coefficient (Wildman–Crippen LogP) is 4.23. The van der Waals surface area contributed by atoms with E-state index in [4.69, 9.17) is 0 Å². The van der Waals surface area contributed by atoms with Crippen LogP contribution in [0.25, 0.3) is 15.9 Å². The molecular formula is C22H18BrN3O3S. The van der Waals surface area contributed by atoms with Crippen LogP contribution in [-0.2, 0) is 11.3 Å². The number of carbonyl (C=O) groups excluding carboxylic acids is 1. The molecular weight excluding hydrogens is 466 g/mol. The zero-order chi connectivity index (χ0) is 21.4. The predicted molar refractivity (Wildman–Crippen MR) is 124 cm³/mol. The van der Waals surface area contributed by atoms with Crippen molar-refractivity contribution in [2.75, 3.05) is 5.32 Å². The van der Waals surface area contributed by atoms with Crippen LogP contribution in [0.4, 0.5) is 5.69 Å². The second kappa shape index (κ2) is 8.04. The molecule has 0 fully saturated rings. The van der Waals surface area contributed by atoms with E-state index in [9.17, 15) is 14.4 Å². The van der Waals surface area contributed by atoms with Crippen LogP contribution in [-0.4, -0.2) is 15.0 Å². The lowest BCUT2D eigenvalue weighted by molar-refractivity contribution is -0.116. The first-order chi connectivity index (χ1) is 14.4. The lowest BCUT2D eigenvalue weighted by Crippen LogP contribution is -2.40. The average Bonchev–Trinajstić information content (AvgIpc) is 3.20. The third-order valence-electron chi connectivity index (χ3n) is 4.95. The molecule has 152 valence electrons. The molecule has 0 aliphatic heterocycles. The summed E-state index contributed by atoms with van der Waals surface area (Å²) in [6.07, 6.45) is 0. The van der Waals surface area contributed by atoms with E-state index in [0.717, 1.165) is 20.2 Å². The Balaban J connectivity index is 1.82. The average molecular weight is 484 g/mol. The highest BCUT2D eigenvalue weighted by atomic mass is 79.9. The first kappa shape index (κ1) is 20.3. The van der Waals surface area contributed by atoms with Crippen molar-refractivity contribution in [1.29, 1.82) is 0 Å². The van der Waals surface area contributed by atoms with Crippen LogP contribution in [0.2, 0.25) is 0 Å². The summed E-state index contributed by atoms with van der Waals surface area (Å²) in [5, 5.41) is 4.55. The molecule has 2 aromatic heterocycles. The number of nitrogens with zero attached hydrogens (tertiary/aromatic N) is 2. The van der Waals surface area contributed by atoms with Crippen molar-refractivity contribution in [1.82, 2.24) is 9.13 Å². The quantitative estimate of drug-likeness (QED) is 0.471. The summed E-state index contributed by atoms with van der Waals surface area (Å²) in [6.45, 7) is 3.68. The Morgan fingerprint density at radius 1 is 1.07 bits per heavy atom. The van der Waals surface area contributed by atoms with Gasteiger partial charge in [-0.25, -0.2) is 9.36 Å². The molecule has 4 aromatic rings. The molecule has 1 N–H and O–H groups in total. The lowest BCUT2D eigenvalue weighted by Gasteiger charge is -2.13. The number of aryl methyl sites for hydroxylation is 2. The smallest absolute Gasteiger partial charge is 0.324 e. The molecule has 8 heteroatoms. The summed E-state index contributed by atoms with van der Waals surface area (Å²) in [5.74, 6) is -0.359. The molecule has 0 radical (unpaired) electrons. The summed E-state index contributed by atoms with van der Waals surface area (Å²) < 4.78 is 3.65. The van der Waals surface area contributed by atoms with Gasteiger partial charge in [-0.1, -0.05) is 18.2 Å². The molecule has 0 bridgehead atoms. The number of carbonyl (C=O) groups is 1. The number of thiophene rings is 1. The fraction of sp³-hybridized carbons (Fsp3) is 0.136. The van der Waals surface area contributed by atoms with Crippen LogP contribution in [0.5, 0.6) is 0 Å². The Bertz CT molecular complexity index is 1400. The first-order valence-electron chi connectivity index (χ1n) is 9.22. The number of halogens is 1. The normalized spacial score (nSPS) is 11.0. The fourth-order valence-electron chi connectivity index (χ4n) is 3.23. The van der Waals surface area contributed by atoms with Gasteiger partial charge < -0.3 is 5.32 Å². The van der Waals surface area contributed by atoms with E-state index in [2.05, 4.69) is 21.2 Å². The van der Waals surface area contributed by atoms with Crippen molar-refractivity contribution in [3.63, 3.8) is 0 Å². The Labute approximate surface area is 184 Å². The number of nitrogens with one attached hydrogen (secondary N) is 1. The van der Waals surface area contributed by atoms with Crippen LogP contribution < -0.4 is 16.6 Å². The van der Waals surface area contributed by atoms with Crippen LogP contribution in [0.1, 0.15) is 11.1 Å². The highest BCUT2D eigenvalue weighted by Crippen LogP contribution is 2.22. The number of hydrogen-bond acceptors (Lipinski definition) is 4. The summed E-state index contributed by atoms with van der Waals surface area (Å²) >= 11 is 4.65. The second-order valence-corrected chi connectivity index (χ2v) is 8.71. The van der Waals surface area contributed by atoms with Gasteiger partial charge in [0.05, 0.1) is 16.9 Å². The van der Waals surface area contributed by atoms with Gasteiger partial charge in [-0.05, 0) is 76.6 Å².